The summed E-state index contributed by atoms with van der Waals surface area (Å²) in [5.41, 5.74) is 0. The molecule has 1 atom stereocenters. The molecule has 2 nitrogen and oxygen atoms in total. The van der Waals surface area contributed by atoms with Crippen LogP contribution in [0.1, 0.15) is 13.3 Å². The Morgan fingerprint density at radius 1 is 1.78 bits per heavy atom. The van der Waals surface area contributed by atoms with Crippen LogP contribution in [0.2, 0.25) is 0 Å². The van der Waals surface area contributed by atoms with E-state index in [1.807, 2.05) is 0 Å². The smallest absolute Gasteiger partial charge is 0.124 e. The van der Waals surface area contributed by atoms with Gasteiger partial charge in [0.25, 0.3) is 0 Å². The zero-order chi connectivity index (χ0) is 7.28. The van der Waals surface area contributed by atoms with Crippen molar-refractivity contribution in [1.29, 1.82) is 0 Å². The number of aliphatic hydroxyl groups is 2. The molecular formula is C6H11FO2. The Labute approximate surface area is 53.6 Å². The SMILES string of the molecule is C/C=C(\F)C(O)CCO. The van der Waals surface area contributed by atoms with Crippen molar-refractivity contribution < 1.29 is 14.6 Å². The molecular weight excluding hydrogens is 123 g/mol. The fourth-order valence-electron chi connectivity index (χ4n) is 0.453. The van der Waals surface area contributed by atoms with Crippen molar-refractivity contribution in [3.63, 3.8) is 0 Å². The van der Waals surface area contributed by atoms with Crippen molar-refractivity contribution in [2.75, 3.05) is 6.61 Å². The highest BCUT2D eigenvalue weighted by Gasteiger charge is 2.06. The van der Waals surface area contributed by atoms with Crippen molar-refractivity contribution >= 4 is 0 Å². The summed E-state index contributed by atoms with van der Waals surface area (Å²) in [5, 5.41) is 16.9. The quantitative estimate of drug-likeness (QED) is 0.593. The van der Waals surface area contributed by atoms with Crippen LogP contribution in [-0.2, 0) is 0 Å². The molecule has 0 rings (SSSR count). The van der Waals surface area contributed by atoms with E-state index in [1.165, 1.54) is 13.0 Å². The van der Waals surface area contributed by atoms with Crippen LogP contribution in [0.3, 0.4) is 0 Å². The van der Waals surface area contributed by atoms with E-state index in [2.05, 4.69) is 0 Å². The van der Waals surface area contributed by atoms with Gasteiger partial charge in [-0.25, -0.2) is 4.39 Å². The molecule has 0 aliphatic rings. The average Bonchev–Trinajstić information content (AvgIpc) is 1.87. The fourth-order valence-corrected chi connectivity index (χ4v) is 0.453. The fraction of sp³-hybridized carbons (Fsp3) is 0.667. The molecule has 9 heavy (non-hydrogen) atoms. The van der Waals surface area contributed by atoms with Gasteiger partial charge >= 0.3 is 0 Å². The molecule has 0 aliphatic carbocycles. The molecule has 0 aromatic rings. The minimum absolute atomic E-state index is 0.0656. The first kappa shape index (κ1) is 8.59. The molecule has 3 heteroatoms. The van der Waals surface area contributed by atoms with E-state index in [4.69, 9.17) is 10.2 Å². The lowest BCUT2D eigenvalue weighted by molar-refractivity contribution is 0.141. The number of rotatable bonds is 3. The van der Waals surface area contributed by atoms with Crippen molar-refractivity contribution in [2.24, 2.45) is 0 Å². The summed E-state index contributed by atoms with van der Waals surface area (Å²) < 4.78 is 12.2. The maximum Gasteiger partial charge on any atom is 0.124 e. The molecule has 0 bridgehead atoms. The number of hydrogen-bond acceptors (Lipinski definition) is 2. The summed E-state index contributed by atoms with van der Waals surface area (Å²) in [6, 6.07) is 0. The molecule has 0 aliphatic heterocycles. The summed E-state index contributed by atoms with van der Waals surface area (Å²) in [6.45, 7) is 1.30. The lowest BCUT2D eigenvalue weighted by Crippen LogP contribution is -2.08. The minimum Gasteiger partial charge on any atom is -0.396 e. The van der Waals surface area contributed by atoms with Crippen LogP contribution >= 0.6 is 0 Å². The van der Waals surface area contributed by atoms with E-state index in [-0.39, 0.29) is 13.0 Å². The second-order valence-electron chi connectivity index (χ2n) is 1.70. The molecule has 0 amide bonds. The van der Waals surface area contributed by atoms with Crippen LogP contribution in [0.15, 0.2) is 11.9 Å². The largest absolute Gasteiger partial charge is 0.396 e. The predicted octanol–water partition coefficient (Wildman–Crippen LogP) is 0.603. The maximum atomic E-state index is 12.2. The van der Waals surface area contributed by atoms with Crippen molar-refractivity contribution in [2.45, 2.75) is 19.4 Å². The summed E-state index contributed by atoms with van der Waals surface area (Å²) in [7, 11) is 0. The van der Waals surface area contributed by atoms with Crippen molar-refractivity contribution in [3.8, 4) is 0 Å². The average molecular weight is 134 g/mol. The van der Waals surface area contributed by atoms with Gasteiger partial charge in [0.15, 0.2) is 0 Å². The van der Waals surface area contributed by atoms with Crippen LogP contribution in [0.4, 0.5) is 4.39 Å². The molecule has 0 radical (unpaired) electrons. The zero-order valence-electron chi connectivity index (χ0n) is 5.34. The first-order valence-corrected chi connectivity index (χ1v) is 2.83. The molecule has 0 aromatic carbocycles. The number of aliphatic hydroxyl groups excluding tert-OH is 2. The molecule has 54 valence electrons. The van der Waals surface area contributed by atoms with E-state index >= 15 is 0 Å². The molecule has 0 heterocycles. The van der Waals surface area contributed by atoms with Gasteiger partial charge in [0, 0.05) is 13.0 Å². The number of halogens is 1. The van der Waals surface area contributed by atoms with Gasteiger partial charge in [-0.15, -0.1) is 0 Å². The van der Waals surface area contributed by atoms with Crippen molar-refractivity contribution in [3.05, 3.63) is 11.9 Å². The Balaban J connectivity index is 3.59. The second-order valence-corrected chi connectivity index (χ2v) is 1.70. The van der Waals surface area contributed by atoms with Gasteiger partial charge in [0.2, 0.25) is 0 Å². The predicted molar refractivity (Wildman–Crippen MR) is 32.6 cm³/mol. The van der Waals surface area contributed by atoms with Crippen LogP contribution in [0.25, 0.3) is 0 Å². The first-order valence-electron chi connectivity index (χ1n) is 2.83. The van der Waals surface area contributed by atoms with Gasteiger partial charge in [-0.1, -0.05) is 6.08 Å². The topological polar surface area (TPSA) is 40.5 Å². The van der Waals surface area contributed by atoms with Gasteiger partial charge in [0.1, 0.15) is 11.9 Å². The number of allylic oxidation sites excluding steroid dienone is 1. The molecule has 0 spiro atoms. The highest BCUT2D eigenvalue weighted by Crippen LogP contribution is 2.05. The lowest BCUT2D eigenvalue weighted by Gasteiger charge is -2.03. The van der Waals surface area contributed by atoms with Gasteiger partial charge in [0.05, 0.1) is 0 Å². The summed E-state index contributed by atoms with van der Waals surface area (Å²) in [5.74, 6) is -0.580. The van der Waals surface area contributed by atoms with E-state index in [0.29, 0.717) is 0 Å². The third-order valence-electron chi connectivity index (χ3n) is 0.997. The summed E-state index contributed by atoms with van der Waals surface area (Å²) in [6.07, 6.45) is 0.122. The third-order valence-corrected chi connectivity index (χ3v) is 0.997. The van der Waals surface area contributed by atoms with E-state index in [1.54, 1.807) is 0 Å². The lowest BCUT2D eigenvalue weighted by atomic mass is 10.2. The van der Waals surface area contributed by atoms with Crippen LogP contribution in [0.5, 0.6) is 0 Å². The highest BCUT2D eigenvalue weighted by atomic mass is 19.1. The van der Waals surface area contributed by atoms with Crippen LogP contribution in [0, 0.1) is 0 Å². The van der Waals surface area contributed by atoms with Crippen LogP contribution in [-0.4, -0.2) is 22.9 Å². The summed E-state index contributed by atoms with van der Waals surface area (Å²) in [4.78, 5) is 0. The number of hydrogen-bond donors (Lipinski definition) is 2. The maximum absolute atomic E-state index is 12.2. The highest BCUT2D eigenvalue weighted by molar-refractivity contribution is 4.95. The van der Waals surface area contributed by atoms with E-state index in [9.17, 15) is 4.39 Å². The molecule has 2 N–H and O–H groups in total. The Morgan fingerprint density at radius 3 is 2.67 bits per heavy atom. The Hall–Kier alpha value is -0.410. The molecule has 0 aromatic heterocycles. The molecule has 0 saturated carbocycles. The Morgan fingerprint density at radius 2 is 2.33 bits per heavy atom. The van der Waals surface area contributed by atoms with E-state index < -0.39 is 11.9 Å². The van der Waals surface area contributed by atoms with Gasteiger partial charge < -0.3 is 10.2 Å². The second kappa shape index (κ2) is 4.47. The van der Waals surface area contributed by atoms with Crippen molar-refractivity contribution in [1.82, 2.24) is 0 Å². The summed E-state index contributed by atoms with van der Waals surface area (Å²) >= 11 is 0. The Kier molecular flexibility index (Phi) is 4.26. The Bertz CT molecular complexity index is 101. The standard InChI is InChI=1S/C6H11FO2/c1-2-5(7)6(9)3-4-8/h2,6,8-9H,3-4H2,1H3/b5-2-. The molecule has 0 fully saturated rings. The molecule has 1 unspecified atom stereocenters. The van der Waals surface area contributed by atoms with Crippen LogP contribution < -0.4 is 0 Å². The zero-order valence-corrected chi connectivity index (χ0v) is 5.34. The first-order chi connectivity index (χ1) is 4.22. The molecule has 0 saturated heterocycles. The van der Waals surface area contributed by atoms with E-state index in [0.717, 1.165) is 0 Å². The van der Waals surface area contributed by atoms with Gasteiger partial charge in [-0.05, 0) is 6.92 Å². The monoisotopic (exact) mass is 134 g/mol. The third kappa shape index (κ3) is 3.21. The van der Waals surface area contributed by atoms with Gasteiger partial charge in [-0.3, -0.25) is 0 Å². The normalized spacial score (nSPS) is 15.8. The van der Waals surface area contributed by atoms with Gasteiger partial charge in [-0.2, -0.15) is 0 Å². The minimum atomic E-state index is -1.13.